The van der Waals surface area contributed by atoms with Crippen molar-refractivity contribution >= 4 is 17.7 Å². The minimum absolute atomic E-state index is 0.0722. The molecule has 0 aliphatic heterocycles. The molecule has 0 unspecified atom stereocenters. The Hall–Kier alpha value is -1.36. The lowest BCUT2D eigenvalue weighted by Crippen LogP contribution is -2.27. The van der Waals surface area contributed by atoms with E-state index >= 15 is 0 Å². The Morgan fingerprint density at radius 2 is 2.00 bits per heavy atom. The van der Waals surface area contributed by atoms with E-state index in [-0.39, 0.29) is 5.91 Å². The molecule has 0 aliphatic carbocycles. The van der Waals surface area contributed by atoms with Crippen LogP contribution in [0.2, 0.25) is 0 Å². The summed E-state index contributed by atoms with van der Waals surface area (Å²) >= 11 is 1.52. The maximum absolute atomic E-state index is 11.3. The number of thioether (sulfide) groups is 1. The first-order chi connectivity index (χ1) is 8.71. The topological polar surface area (TPSA) is 47.6 Å². The Labute approximate surface area is 112 Å². The number of carbonyl (C=O) groups is 1. The van der Waals surface area contributed by atoms with Crippen LogP contribution in [0.25, 0.3) is 0 Å². The molecule has 0 fully saturated rings. The second-order valence-corrected chi connectivity index (χ2v) is 4.59. The molecule has 1 amide bonds. The first-order valence-corrected chi connectivity index (χ1v) is 7.07. The van der Waals surface area contributed by atoms with Gasteiger partial charge in [0.1, 0.15) is 0 Å². The van der Waals surface area contributed by atoms with Gasteiger partial charge in [0.25, 0.3) is 0 Å². The number of hydrogen-bond donors (Lipinski definition) is 1. The van der Waals surface area contributed by atoms with Crippen LogP contribution < -0.4 is 14.8 Å². The van der Waals surface area contributed by atoms with Gasteiger partial charge in [-0.2, -0.15) is 11.8 Å². The molecule has 5 heteroatoms. The highest BCUT2D eigenvalue weighted by Crippen LogP contribution is 2.27. The zero-order valence-corrected chi connectivity index (χ0v) is 11.8. The van der Waals surface area contributed by atoms with Crippen LogP contribution in [0.5, 0.6) is 11.5 Å². The molecular formula is C13H19NO3S. The first kappa shape index (κ1) is 14.7. The SMILES string of the molecule is COc1ccc(CCNC(=O)CSC)cc1OC. The third-order valence-electron chi connectivity index (χ3n) is 2.46. The molecule has 0 saturated carbocycles. The fraction of sp³-hybridized carbons (Fsp3) is 0.462. The van der Waals surface area contributed by atoms with Crippen molar-refractivity contribution < 1.29 is 14.3 Å². The van der Waals surface area contributed by atoms with Gasteiger partial charge in [0.15, 0.2) is 11.5 Å². The van der Waals surface area contributed by atoms with Gasteiger partial charge in [0.2, 0.25) is 5.91 Å². The minimum Gasteiger partial charge on any atom is -0.493 e. The molecule has 0 radical (unpaired) electrons. The van der Waals surface area contributed by atoms with Gasteiger partial charge >= 0.3 is 0 Å². The van der Waals surface area contributed by atoms with E-state index < -0.39 is 0 Å². The van der Waals surface area contributed by atoms with Crippen LogP contribution in [0, 0.1) is 0 Å². The maximum atomic E-state index is 11.3. The lowest BCUT2D eigenvalue weighted by atomic mass is 10.1. The molecule has 4 nitrogen and oxygen atoms in total. The van der Waals surface area contributed by atoms with Gasteiger partial charge < -0.3 is 14.8 Å². The second-order valence-electron chi connectivity index (χ2n) is 3.72. The third kappa shape index (κ3) is 4.49. The summed E-state index contributed by atoms with van der Waals surface area (Å²) in [5, 5.41) is 2.87. The van der Waals surface area contributed by atoms with Gasteiger partial charge in [-0.15, -0.1) is 0 Å². The fourth-order valence-corrected chi connectivity index (χ4v) is 1.93. The van der Waals surface area contributed by atoms with Crippen molar-refractivity contribution in [1.82, 2.24) is 5.32 Å². The summed E-state index contributed by atoms with van der Waals surface area (Å²) in [5.41, 5.74) is 1.11. The zero-order valence-electron chi connectivity index (χ0n) is 11.0. The van der Waals surface area contributed by atoms with Crippen molar-refractivity contribution in [2.45, 2.75) is 6.42 Å². The van der Waals surface area contributed by atoms with Crippen molar-refractivity contribution in [1.29, 1.82) is 0 Å². The number of amides is 1. The van der Waals surface area contributed by atoms with E-state index in [2.05, 4.69) is 5.32 Å². The predicted octanol–water partition coefficient (Wildman–Crippen LogP) is 1.73. The lowest BCUT2D eigenvalue weighted by molar-refractivity contribution is -0.118. The Bertz CT molecular complexity index is 396. The molecule has 0 aliphatic rings. The highest BCUT2D eigenvalue weighted by Gasteiger charge is 2.05. The molecule has 0 heterocycles. The number of methoxy groups -OCH3 is 2. The summed E-state index contributed by atoms with van der Waals surface area (Å²) in [6.07, 6.45) is 2.69. The van der Waals surface area contributed by atoms with Crippen molar-refractivity contribution in [2.24, 2.45) is 0 Å². The van der Waals surface area contributed by atoms with Crippen LogP contribution in [0.15, 0.2) is 18.2 Å². The Kier molecular flexibility index (Phi) is 6.43. The maximum Gasteiger partial charge on any atom is 0.229 e. The van der Waals surface area contributed by atoms with Crippen LogP contribution in [-0.2, 0) is 11.2 Å². The van der Waals surface area contributed by atoms with Gasteiger partial charge in [-0.05, 0) is 30.4 Å². The fourth-order valence-electron chi connectivity index (χ4n) is 1.56. The normalized spacial score (nSPS) is 9.94. The number of carbonyl (C=O) groups excluding carboxylic acids is 1. The number of rotatable bonds is 7. The third-order valence-corrected chi connectivity index (χ3v) is 3.01. The number of nitrogens with one attached hydrogen (secondary N) is 1. The van der Waals surface area contributed by atoms with Crippen molar-refractivity contribution in [3.05, 3.63) is 23.8 Å². The van der Waals surface area contributed by atoms with E-state index in [9.17, 15) is 4.79 Å². The molecule has 0 saturated heterocycles. The van der Waals surface area contributed by atoms with Crippen LogP contribution in [-0.4, -0.2) is 38.7 Å². The zero-order chi connectivity index (χ0) is 13.4. The molecule has 1 N–H and O–H groups in total. The average molecular weight is 269 g/mol. The summed E-state index contributed by atoms with van der Waals surface area (Å²) in [5.74, 6) is 2.01. The van der Waals surface area contributed by atoms with Gasteiger partial charge in [-0.1, -0.05) is 6.07 Å². The largest absolute Gasteiger partial charge is 0.493 e. The molecule has 0 spiro atoms. The molecule has 0 bridgehead atoms. The van der Waals surface area contributed by atoms with Crippen LogP contribution >= 0.6 is 11.8 Å². The smallest absolute Gasteiger partial charge is 0.229 e. The average Bonchev–Trinajstić information content (AvgIpc) is 2.38. The molecule has 100 valence electrons. The van der Waals surface area contributed by atoms with Crippen molar-refractivity contribution in [2.75, 3.05) is 32.8 Å². The standard InChI is InChI=1S/C13H19NO3S/c1-16-11-5-4-10(8-12(11)17-2)6-7-14-13(15)9-18-3/h4-5,8H,6-7,9H2,1-3H3,(H,14,15). The lowest BCUT2D eigenvalue weighted by Gasteiger charge is -2.10. The molecule has 1 rings (SSSR count). The van der Waals surface area contributed by atoms with E-state index in [1.165, 1.54) is 11.8 Å². The monoisotopic (exact) mass is 269 g/mol. The van der Waals surface area contributed by atoms with E-state index in [0.29, 0.717) is 23.8 Å². The highest BCUT2D eigenvalue weighted by atomic mass is 32.2. The number of ether oxygens (including phenoxy) is 2. The van der Waals surface area contributed by atoms with E-state index in [0.717, 1.165) is 12.0 Å². The van der Waals surface area contributed by atoms with Gasteiger partial charge in [0.05, 0.1) is 20.0 Å². The highest BCUT2D eigenvalue weighted by molar-refractivity contribution is 7.99. The molecular weight excluding hydrogens is 250 g/mol. The molecule has 0 atom stereocenters. The predicted molar refractivity (Wildman–Crippen MR) is 74.6 cm³/mol. The number of benzene rings is 1. The van der Waals surface area contributed by atoms with E-state index in [1.807, 2.05) is 24.5 Å². The summed E-state index contributed by atoms with van der Waals surface area (Å²) in [6, 6.07) is 5.78. The van der Waals surface area contributed by atoms with Crippen molar-refractivity contribution in [3.8, 4) is 11.5 Å². The Balaban J connectivity index is 2.50. The summed E-state index contributed by atoms with van der Waals surface area (Å²) < 4.78 is 10.4. The Morgan fingerprint density at radius 1 is 1.28 bits per heavy atom. The van der Waals surface area contributed by atoms with E-state index in [1.54, 1.807) is 14.2 Å². The van der Waals surface area contributed by atoms with E-state index in [4.69, 9.17) is 9.47 Å². The van der Waals surface area contributed by atoms with Crippen LogP contribution in [0.1, 0.15) is 5.56 Å². The van der Waals surface area contributed by atoms with Gasteiger partial charge in [-0.25, -0.2) is 0 Å². The second kappa shape index (κ2) is 7.87. The molecule has 18 heavy (non-hydrogen) atoms. The van der Waals surface area contributed by atoms with Crippen LogP contribution in [0.3, 0.4) is 0 Å². The molecule has 1 aromatic rings. The number of hydrogen-bond acceptors (Lipinski definition) is 4. The first-order valence-electron chi connectivity index (χ1n) is 5.67. The molecule has 0 aromatic heterocycles. The van der Waals surface area contributed by atoms with Gasteiger partial charge in [0, 0.05) is 6.54 Å². The summed E-state index contributed by atoms with van der Waals surface area (Å²) in [7, 11) is 3.22. The summed E-state index contributed by atoms with van der Waals surface area (Å²) in [6.45, 7) is 0.634. The quantitative estimate of drug-likeness (QED) is 0.819. The summed E-state index contributed by atoms with van der Waals surface area (Å²) in [4.78, 5) is 11.3. The molecule has 1 aromatic carbocycles. The van der Waals surface area contributed by atoms with Crippen molar-refractivity contribution in [3.63, 3.8) is 0 Å². The van der Waals surface area contributed by atoms with Crippen LogP contribution in [0.4, 0.5) is 0 Å². The Morgan fingerprint density at radius 3 is 2.61 bits per heavy atom. The van der Waals surface area contributed by atoms with Gasteiger partial charge in [-0.3, -0.25) is 4.79 Å². The minimum atomic E-state index is 0.0722.